The maximum absolute atomic E-state index is 11.5. The number of allylic oxidation sites excluding steroid dienone is 2. The average Bonchev–Trinajstić information content (AvgIpc) is 2.52. The topological polar surface area (TPSA) is 95.9 Å². The van der Waals surface area contributed by atoms with Gasteiger partial charge in [0.05, 0.1) is 6.54 Å². The van der Waals surface area contributed by atoms with Crippen molar-refractivity contribution in [3.05, 3.63) is 23.7 Å². The zero-order valence-electron chi connectivity index (χ0n) is 15.5. The Morgan fingerprint density at radius 2 is 1.79 bits per heavy atom. The van der Waals surface area contributed by atoms with Crippen LogP contribution in [0.15, 0.2) is 23.7 Å². The largest absolute Gasteiger partial charge is 1.00 e. The van der Waals surface area contributed by atoms with Crippen LogP contribution in [-0.2, 0) is 4.79 Å². The van der Waals surface area contributed by atoms with Gasteiger partial charge in [0.15, 0.2) is 0 Å². The minimum atomic E-state index is -0.930. The third-order valence-electron chi connectivity index (χ3n) is 3.47. The van der Waals surface area contributed by atoms with Crippen LogP contribution in [0.1, 0.15) is 46.5 Å². The van der Waals surface area contributed by atoms with Crippen molar-refractivity contribution < 1.29 is 71.5 Å². The molecule has 1 unspecified atom stereocenters. The van der Waals surface area contributed by atoms with Gasteiger partial charge in [0, 0.05) is 19.6 Å². The second-order valence-corrected chi connectivity index (χ2v) is 5.60. The monoisotopic (exact) mass is 366 g/mol. The van der Waals surface area contributed by atoms with Gasteiger partial charge in [-0.1, -0.05) is 32.8 Å². The molecule has 3 N–H and O–H groups in total. The Bertz CT molecular complexity index is 400. The molecule has 0 aliphatic heterocycles. The van der Waals surface area contributed by atoms with Gasteiger partial charge >= 0.3 is 57.4 Å². The normalized spacial score (nSPS) is 13.7. The van der Waals surface area contributed by atoms with Crippen molar-refractivity contribution in [3.8, 4) is 0 Å². The third-order valence-corrected chi connectivity index (χ3v) is 3.47. The molecule has 0 radical (unpaired) electrons. The number of carbonyl (C=O) groups is 1. The van der Waals surface area contributed by atoms with E-state index in [0.717, 1.165) is 25.7 Å². The van der Waals surface area contributed by atoms with Crippen molar-refractivity contribution in [2.75, 3.05) is 26.2 Å². The summed E-state index contributed by atoms with van der Waals surface area (Å²) in [5.74, 6) is -0.691. The first-order valence-corrected chi connectivity index (χ1v) is 8.33. The predicted molar refractivity (Wildman–Crippen MR) is 90.2 cm³/mol. The number of aliphatic hydroxyl groups is 1. The first-order chi connectivity index (χ1) is 10.9. The van der Waals surface area contributed by atoms with Crippen molar-refractivity contribution in [2.45, 2.75) is 52.5 Å². The number of aliphatic hydroxyl groups excluding tert-OH is 1. The standard InChI is InChI=1S/C17H32N2O4.K/c1-4-6-8-15(20)12-18-10-11-19(14(3)17(22)23)13-16(21)9-7-5-2;/h8-9,14,18,20-21H,4-7,10-13H2,1-3H3,(H,22,23);/q;+1/p-1/b15-8-,16-9-;. The van der Waals surface area contributed by atoms with Gasteiger partial charge < -0.3 is 20.6 Å². The van der Waals surface area contributed by atoms with Gasteiger partial charge in [0.25, 0.3) is 0 Å². The van der Waals surface area contributed by atoms with E-state index in [0.29, 0.717) is 13.1 Å². The summed E-state index contributed by atoms with van der Waals surface area (Å²) >= 11 is 0. The van der Waals surface area contributed by atoms with Gasteiger partial charge in [-0.3, -0.25) is 9.69 Å². The zero-order chi connectivity index (χ0) is 17.7. The van der Waals surface area contributed by atoms with E-state index in [9.17, 15) is 15.0 Å². The van der Waals surface area contributed by atoms with Gasteiger partial charge in [0.1, 0.15) is 11.8 Å². The van der Waals surface area contributed by atoms with E-state index in [2.05, 4.69) is 5.32 Å². The Morgan fingerprint density at radius 3 is 2.33 bits per heavy atom. The van der Waals surface area contributed by atoms with Crippen molar-refractivity contribution in [1.29, 1.82) is 0 Å². The predicted octanol–water partition coefficient (Wildman–Crippen LogP) is -1.36. The summed E-state index contributed by atoms with van der Waals surface area (Å²) in [6.45, 7) is 7.01. The molecule has 0 rings (SSSR count). The van der Waals surface area contributed by atoms with E-state index in [1.54, 1.807) is 24.0 Å². The van der Waals surface area contributed by atoms with E-state index in [-0.39, 0.29) is 76.0 Å². The Hall–Kier alpha value is 0.106. The minimum absolute atomic E-state index is 0. The fraction of sp³-hybridized carbons (Fsp3) is 0.706. The number of carboxylic acid groups (broad SMARTS) is 1. The number of nitrogens with zero attached hydrogens (tertiary/aromatic N) is 1. The Morgan fingerprint density at radius 1 is 1.21 bits per heavy atom. The Kier molecular flexibility index (Phi) is 18.2. The summed E-state index contributed by atoms with van der Waals surface area (Å²) in [6.07, 6.45) is 6.80. The number of hydrogen-bond donors (Lipinski definition) is 3. The molecule has 24 heavy (non-hydrogen) atoms. The number of rotatable bonds is 13. The molecular weight excluding hydrogens is 335 g/mol. The Balaban J connectivity index is 0. The van der Waals surface area contributed by atoms with Crippen LogP contribution >= 0.6 is 0 Å². The molecule has 0 aromatic heterocycles. The quantitative estimate of drug-likeness (QED) is 0.212. The summed E-state index contributed by atoms with van der Waals surface area (Å²) in [6, 6.07) is -0.698. The first kappa shape index (κ1) is 26.3. The van der Waals surface area contributed by atoms with Gasteiger partial charge in [0.2, 0.25) is 0 Å². The number of nitrogens with one attached hydrogen (secondary N) is 1. The molecule has 0 spiro atoms. The second-order valence-electron chi connectivity index (χ2n) is 5.60. The van der Waals surface area contributed by atoms with Crippen molar-refractivity contribution in [2.24, 2.45) is 0 Å². The van der Waals surface area contributed by atoms with Crippen molar-refractivity contribution in [1.82, 2.24) is 10.2 Å². The summed E-state index contributed by atoms with van der Waals surface area (Å²) in [4.78, 5) is 12.9. The number of hydrogen-bond acceptors (Lipinski definition) is 5. The summed E-state index contributed by atoms with van der Waals surface area (Å²) in [7, 11) is 0. The molecule has 0 saturated carbocycles. The molecule has 0 bridgehead atoms. The second kappa shape index (κ2) is 16.6. The zero-order valence-corrected chi connectivity index (χ0v) is 18.7. The van der Waals surface area contributed by atoms with Gasteiger partial charge in [-0.25, -0.2) is 0 Å². The SMILES string of the molecule is CCC/C=C(\[O-])CNCCN(C/C(O)=C/CCC)C(C)C(=O)O.[K+]. The van der Waals surface area contributed by atoms with Crippen LogP contribution in [0.3, 0.4) is 0 Å². The van der Waals surface area contributed by atoms with Gasteiger partial charge in [-0.05, 0) is 25.8 Å². The molecule has 0 aromatic rings. The van der Waals surface area contributed by atoms with Crippen LogP contribution in [0.5, 0.6) is 0 Å². The summed E-state index contributed by atoms with van der Waals surface area (Å²) in [5, 5.41) is 33.6. The first-order valence-electron chi connectivity index (χ1n) is 8.33. The van der Waals surface area contributed by atoms with Gasteiger partial charge in [-0.2, -0.15) is 0 Å². The minimum Gasteiger partial charge on any atom is -0.875 e. The molecule has 134 valence electrons. The van der Waals surface area contributed by atoms with Crippen LogP contribution in [0.2, 0.25) is 0 Å². The van der Waals surface area contributed by atoms with E-state index >= 15 is 0 Å². The molecule has 0 aliphatic carbocycles. The molecule has 6 nitrogen and oxygen atoms in total. The third kappa shape index (κ3) is 13.4. The molecule has 0 heterocycles. The Labute approximate surface area is 188 Å². The van der Waals surface area contributed by atoms with Crippen molar-refractivity contribution in [3.63, 3.8) is 0 Å². The van der Waals surface area contributed by atoms with Crippen molar-refractivity contribution >= 4 is 5.97 Å². The van der Waals surface area contributed by atoms with Crippen LogP contribution in [0.25, 0.3) is 0 Å². The van der Waals surface area contributed by atoms with Crippen LogP contribution < -0.4 is 61.8 Å². The van der Waals surface area contributed by atoms with E-state index in [4.69, 9.17) is 5.11 Å². The fourth-order valence-corrected chi connectivity index (χ4v) is 1.96. The van der Waals surface area contributed by atoms with E-state index in [1.165, 1.54) is 0 Å². The average molecular weight is 367 g/mol. The number of unbranched alkanes of at least 4 members (excludes halogenated alkanes) is 2. The molecule has 0 aliphatic rings. The van der Waals surface area contributed by atoms with Crippen LogP contribution in [-0.4, -0.2) is 53.3 Å². The molecule has 0 amide bonds. The molecule has 0 saturated heterocycles. The summed E-state index contributed by atoms with van der Waals surface area (Å²) < 4.78 is 0. The molecular formula is C17H31KN2O4. The summed E-state index contributed by atoms with van der Waals surface area (Å²) in [5.41, 5.74) is 0. The number of aliphatic carboxylic acids is 1. The maximum atomic E-state index is 11.5. The smallest absolute Gasteiger partial charge is 0.875 e. The maximum Gasteiger partial charge on any atom is 1.00 e. The fourth-order valence-electron chi connectivity index (χ4n) is 1.96. The van der Waals surface area contributed by atoms with Gasteiger partial charge in [-0.15, -0.1) is 5.76 Å². The van der Waals surface area contributed by atoms with E-state index in [1.807, 2.05) is 13.8 Å². The molecule has 7 heteroatoms. The molecule has 0 fully saturated rings. The molecule has 1 atom stereocenters. The van der Waals surface area contributed by atoms with Crippen LogP contribution in [0, 0.1) is 0 Å². The number of carboxylic acids is 1. The molecule has 0 aromatic carbocycles. The van der Waals surface area contributed by atoms with E-state index < -0.39 is 12.0 Å². The van der Waals surface area contributed by atoms with Crippen LogP contribution in [0.4, 0.5) is 0 Å².